The van der Waals surface area contributed by atoms with Crippen molar-refractivity contribution in [2.45, 2.75) is 64.1 Å². The number of hydrogen-bond acceptors (Lipinski definition) is 6. The maximum absolute atomic E-state index is 13.0. The minimum atomic E-state index is -0.725. The number of carbonyl (C=O) groups is 2. The molecule has 176 valence electrons. The first kappa shape index (κ1) is 24.7. The van der Waals surface area contributed by atoms with Crippen LogP contribution in [0.5, 0.6) is 0 Å². The van der Waals surface area contributed by atoms with Gasteiger partial charge in [-0.3, -0.25) is 9.69 Å². The summed E-state index contributed by atoms with van der Waals surface area (Å²) in [6.07, 6.45) is 3.66. The molecule has 0 bridgehead atoms. The van der Waals surface area contributed by atoms with Gasteiger partial charge in [-0.25, -0.2) is 9.78 Å². The average molecular weight is 460 g/mol. The van der Waals surface area contributed by atoms with E-state index in [-0.39, 0.29) is 5.91 Å². The highest BCUT2D eigenvalue weighted by molar-refractivity contribution is 5.86. The Labute approximate surface area is 200 Å². The molecule has 2 aromatic rings. The van der Waals surface area contributed by atoms with Crippen LogP contribution in [-0.4, -0.2) is 46.1 Å². The van der Waals surface area contributed by atoms with Gasteiger partial charge in [0.1, 0.15) is 29.4 Å². The average Bonchev–Trinajstić information content (AvgIpc) is 2.83. The van der Waals surface area contributed by atoms with Crippen molar-refractivity contribution < 1.29 is 14.3 Å². The summed E-state index contributed by atoms with van der Waals surface area (Å²) in [6, 6.07) is 13.9. The summed E-state index contributed by atoms with van der Waals surface area (Å²) < 4.78 is 5.47. The first-order valence-corrected chi connectivity index (χ1v) is 11.4. The lowest BCUT2D eigenvalue weighted by atomic mass is 9.99. The number of carbonyl (C=O) groups excluding carboxylic acids is 2. The Bertz CT molecular complexity index is 1090. The fourth-order valence-electron chi connectivity index (χ4n) is 3.84. The number of rotatable bonds is 5. The van der Waals surface area contributed by atoms with Crippen molar-refractivity contribution in [3.63, 3.8) is 0 Å². The molecule has 2 atom stereocenters. The van der Waals surface area contributed by atoms with Crippen molar-refractivity contribution in [2.24, 2.45) is 0 Å². The monoisotopic (exact) mass is 459 g/mol. The molecule has 1 saturated heterocycles. The van der Waals surface area contributed by atoms with E-state index in [0.29, 0.717) is 25.1 Å². The second-order valence-electron chi connectivity index (χ2n) is 9.32. The maximum Gasteiger partial charge on any atom is 0.410 e. The standard InChI is InChI=1S/C26H29N5O3/c1-26(2,3)34-25(33)31-13-5-4-6-23(31)24(32)30-22(16-28)14-18-7-9-19(10-8-18)20-11-12-21(15-27)29-17-20/h7-12,17,22-23H,4-6,13-14H2,1-3H3,(H,30,32)/t22-,23-/m0/s1. The van der Waals surface area contributed by atoms with Gasteiger partial charge in [0.15, 0.2) is 0 Å². The van der Waals surface area contributed by atoms with E-state index in [1.807, 2.05) is 36.4 Å². The fraction of sp³-hybridized carbons (Fsp3) is 0.423. The number of nitrogens with zero attached hydrogens (tertiary/aromatic N) is 4. The van der Waals surface area contributed by atoms with Crippen LogP contribution >= 0.6 is 0 Å². The number of nitriles is 2. The fourth-order valence-corrected chi connectivity index (χ4v) is 3.84. The van der Waals surface area contributed by atoms with Gasteiger partial charge in [-0.1, -0.05) is 24.3 Å². The third kappa shape index (κ3) is 6.55. The molecule has 8 nitrogen and oxygen atoms in total. The number of benzene rings is 1. The van der Waals surface area contributed by atoms with E-state index in [1.165, 1.54) is 4.90 Å². The van der Waals surface area contributed by atoms with Crippen LogP contribution in [0.4, 0.5) is 4.79 Å². The van der Waals surface area contributed by atoms with Gasteiger partial charge in [-0.2, -0.15) is 10.5 Å². The summed E-state index contributed by atoms with van der Waals surface area (Å²) in [5, 5.41) is 21.3. The lowest BCUT2D eigenvalue weighted by molar-refractivity contribution is -0.128. The highest BCUT2D eigenvalue weighted by Crippen LogP contribution is 2.22. The van der Waals surface area contributed by atoms with E-state index in [0.717, 1.165) is 29.5 Å². The number of likely N-dealkylation sites (tertiary alicyclic amines) is 1. The Kier molecular flexibility index (Phi) is 7.86. The summed E-state index contributed by atoms with van der Waals surface area (Å²) in [5.41, 5.74) is 2.43. The first-order chi connectivity index (χ1) is 16.2. The zero-order chi connectivity index (χ0) is 24.7. The largest absolute Gasteiger partial charge is 0.444 e. The van der Waals surface area contributed by atoms with Crippen LogP contribution in [0, 0.1) is 22.7 Å². The number of pyridine rings is 1. The Balaban J connectivity index is 1.63. The number of aromatic nitrogens is 1. The van der Waals surface area contributed by atoms with Gasteiger partial charge in [0, 0.05) is 24.7 Å². The maximum atomic E-state index is 13.0. The van der Waals surface area contributed by atoms with Crippen molar-refractivity contribution in [1.29, 1.82) is 10.5 Å². The molecule has 8 heteroatoms. The number of amides is 2. The van der Waals surface area contributed by atoms with Gasteiger partial charge in [0.25, 0.3) is 0 Å². The summed E-state index contributed by atoms with van der Waals surface area (Å²) >= 11 is 0. The van der Waals surface area contributed by atoms with Crippen molar-refractivity contribution >= 4 is 12.0 Å². The van der Waals surface area contributed by atoms with Crippen LogP contribution < -0.4 is 5.32 Å². The van der Waals surface area contributed by atoms with Gasteiger partial charge in [0.2, 0.25) is 5.91 Å². The Morgan fingerprint density at radius 2 is 1.85 bits per heavy atom. The molecular formula is C26H29N5O3. The molecule has 0 radical (unpaired) electrons. The molecule has 1 aromatic heterocycles. The number of piperidine rings is 1. The molecular weight excluding hydrogens is 430 g/mol. The number of nitrogens with one attached hydrogen (secondary N) is 1. The molecule has 1 fully saturated rings. The highest BCUT2D eigenvalue weighted by atomic mass is 16.6. The lowest BCUT2D eigenvalue weighted by Crippen LogP contribution is -2.54. The Hall–Kier alpha value is -3.91. The van der Waals surface area contributed by atoms with Crippen LogP contribution in [0.3, 0.4) is 0 Å². The normalized spacial score (nSPS) is 16.6. The van der Waals surface area contributed by atoms with Crippen molar-refractivity contribution in [3.8, 4) is 23.3 Å². The van der Waals surface area contributed by atoms with Gasteiger partial charge < -0.3 is 10.1 Å². The lowest BCUT2D eigenvalue weighted by Gasteiger charge is -2.36. The molecule has 2 amide bonds. The molecule has 0 saturated carbocycles. The second-order valence-corrected chi connectivity index (χ2v) is 9.32. The molecule has 0 unspecified atom stereocenters. The van der Waals surface area contributed by atoms with Gasteiger partial charge in [-0.15, -0.1) is 0 Å². The summed E-state index contributed by atoms with van der Waals surface area (Å²) in [4.78, 5) is 31.1. The van der Waals surface area contributed by atoms with Gasteiger partial charge in [0.05, 0.1) is 6.07 Å². The molecule has 1 N–H and O–H groups in total. The number of ether oxygens (including phenoxy) is 1. The molecule has 0 spiro atoms. The van der Waals surface area contributed by atoms with Crippen LogP contribution in [0.15, 0.2) is 42.6 Å². The predicted octanol–water partition coefficient (Wildman–Crippen LogP) is 3.96. The Morgan fingerprint density at radius 1 is 1.15 bits per heavy atom. The third-order valence-electron chi connectivity index (χ3n) is 5.51. The van der Waals surface area contributed by atoms with Gasteiger partial charge in [-0.05, 0) is 63.3 Å². The summed E-state index contributed by atoms with van der Waals surface area (Å²) in [5.74, 6) is -0.336. The van der Waals surface area contributed by atoms with Crippen molar-refractivity contribution in [2.75, 3.05) is 6.54 Å². The topological polar surface area (TPSA) is 119 Å². The van der Waals surface area contributed by atoms with E-state index in [2.05, 4.69) is 16.4 Å². The SMILES string of the molecule is CC(C)(C)OC(=O)N1CCCC[C@H]1C(=O)N[C@H](C#N)Cc1ccc(-c2ccc(C#N)nc2)cc1. The minimum Gasteiger partial charge on any atom is -0.444 e. The van der Waals surface area contributed by atoms with E-state index >= 15 is 0 Å². The third-order valence-corrected chi connectivity index (χ3v) is 5.51. The summed E-state index contributed by atoms with van der Waals surface area (Å²) in [6.45, 7) is 5.83. The van der Waals surface area contributed by atoms with E-state index in [4.69, 9.17) is 10.00 Å². The number of hydrogen-bond donors (Lipinski definition) is 1. The van der Waals surface area contributed by atoms with E-state index in [1.54, 1.807) is 33.0 Å². The van der Waals surface area contributed by atoms with E-state index < -0.39 is 23.8 Å². The molecule has 1 aromatic carbocycles. The Morgan fingerprint density at radius 3 is 2.44 bits per heavy atom. The van der Waals surface area contributed by atoms with Crippen LogP contribution in [-0.2, 0) is 16.0 Å². The zero-order valence-corrected chi connectivity index (χ0v) is 19.7. The first-order valence-electron chi connectivity index (χ1n) is 11.4. The summed E-state index contributed by atoms with van der Waals surface area (Å²) in [7, 11) is 0. The second kappa shape index (κ2) is 10.8. The quantitative estimate of drug-likeness (QED) is 0.723. The van der Waals surface area contributed by atoms with Crippen LogP contribution in [0.1, 0.15) is 51.3 Å². The van der Waals surface area contributed by atoms with Crippen molar-refractivity contribution in [3.05, 3.63) is 53.9 Å². The molecule has 3 rings (SSSR count). The molecule has 1 aliphatic rings. The molecule has 0 aliphatic carbocycles. The minimum absolute atomic E-state index is 0.336. The molecule has 34 heavy (non-hydrogen) atoms. The van der Waals surface area contributed by atoms with Gasteiger partial charge >= 0.3 is 6.09 Å². The predicted molar refractivity (Wildman–Crippen MR) is 126 cm³/mol. The zero-order valence-electron chi connectivity index (χ0n) is 19.7. The smallest absolute Gasteiger partial charge is 0.410 e. The van der Waals surface area contributed by atoms with Crippen LogP contribution in [0.2, 0.25) is 0 Å². The highest BCUT2D eigenvalue weighted by Gasteiger charge is 2.35. The molecule has 2 heterocycles. The molecule has 1 aliphatic heterocycles. The van der Waals surface area contributed by atoms with Crippen LogP contribution in [0.25, 0.3) is 11.1 Å². The van der Waals surface area contributed by atoms with Crippen molar-refractivity contribution in [1.82, 2.24) is 15.2 Å². The van der Waals surface area contributed by atoms with E-state index in [9.17, 15) is 14.9 Å².